The van der Waals surface area contributed by atoms with Crippen molar-refractivity contribution in [2.75, 3.05) is 0 Å². The molecule has 3 aromatic rings. The van der Waals surface area contributed by atoms with Gasteiger partial charge < -0.3 is 29.9 Å². The van der Waals surface area contributed by atoms with Crippen LogP contribution in [-0.2, 0) is 17.1 Å². The summed E-state index contributed by atoms with van der Waals surface area (Å²) in [6, 6.07) is 5.64. The Morgan fingerprint density at radius 3 is 2.17 bits per heavy atom. The van der Waals surface area contributed by atoms with Crippen LogP contribution in [0.4, 0.5) is 0 Å². The zero-order valence-electron chi connectivity index (χ0n) is 11.3. The fourth-order valence-corrected chi connectivity index (χ4v) is 2.14. The first-order valence-corrected chi connectivity index (χ1v) is 6.12. The van der Waals surface area contributed by atoms with Crippen molar-refractivity contribution in [3.8, 4) is 40.1 Å². The molecule has 0 aliphatic heterocycles. The summed E-state index contributed by atoms with van der Waals surface area (Å²) in [4.78, 5) is 12.1. The van der Waals surface area contributed by atoms with Crippen LogP contribution in [0, 0.1) is 0 Å². The molecule has 0 unspecified atom stereocenters. The summed E-state index contributed by atoms with van der Waals surface area (Å²) >= 11 is 0. The second kappa shape index (κ2) is 5.75. The molecule has 1 aromatic heterocycles. The second-order valence-electron chi connectivity index (χ2n) is 4.65. The molecule has 0 saturated carbocycles. The third-order valence-electron chi connectivity index (χ3n) is 3.17. The molecule has 120 valence electrons. The number of fused-ring (bicyclic) bond motifs is 1. The Bertz CT molecular complexity index is 962. The van der Waals surface area contributed by atoms with E-state index in [1.807, 2.05) is 0 Å². The zero-order valence-corrected chi connectivity index (χ0v) is 12.4. The van der Waals surface area contributed by atoms with Crippen LogP contribution in [0.15, 0.2) is 39.5 Å². The molecule has 0 atom stereocenters. The van der Waals surface area contributed by atoms with Crippen LogP contribution in [-0.4, -0.2) is 25.5 Å². The number of phenols is 4. The van der Waals surface area contributed by atoms with Gasteiger partial charge in [-0.05, 0) is 18.2 Å². The molecule has 0 spiro atoms. The molecule has 0 radical (unpaired) electrons. The summed E-state index contributed by atoms with van der Waals surface area (Å²) in [5, 5.41) is 47.6. The van der Waals surface area contributed by atoms with Crippen molar-refractivity contribution in [3.05, 3.63) is 40.6 Å². The molecule has 0 fully saturated rings. The summed E-state index contributed by atoms with van der Waals surface area (Å²) in [5.74, 6) is -2.71. The van der Waals surface area contributed by atoms with Crippen LogP contribution in [0.3, 0.4) is 0 Å². The van der Waals surface area contributed by atoms with Gasteiger partial charge >= 0.3 is 0 Å². The molecule has 23 heavy (non-hydrogen) atoms. The predicted molar refractivity (Wildman–Crippen MR) is 76.2 cm³/mol. The van der Waals surface area contributed by atoms with Crippen LogP contribution in [0.1, 0.15) is 0 Å². The average Bonchev–Trinajstić information content (AvgIpc) is 2.45. The Morgan fingerprint density at radius 1 is 0.826 bits per heavy atom. The predicted octanol–water partition coefficient (Wildman–Crippen LogP) is 1.99. The van der Waals surface area contributed by atoms with Gasteiger partial charge in [-0.25, -0.2) is 0 Å². The van der Waals surface area contributed by atoms with Crippen molar-refractivity contribution in [2.45, 2.75) is 0 Å². The van der Waals surface area contributed by atoms with Crippen molar-refractivity contribution in [1.29, 1.82) is 0 Å². The zero-order chi connectivity index (χ0) is 16.0. The van der Waals surface area contributed by atoms with E-state index in [0.29, 0.717) is 0 Å². The van der Waals surface area contributed by atoms with E-state index >= 15 is 0 Å². The Balaban J connectivity index is 0.00000192. The van der Waals surface area contributed by atoms with Gasteiger partial charge in [0.15, 0.2) is 17.3 Å². The molecule has 0 aliphatic rings. The van der Waals surface area contributed by atoms with Crippen LogP contribution in [0.2, 0.25) is 0 Å². The monoisotopic (exact) mass is 358 g/mol. The van der Waals surface area contributed by atoms with Gasteiger partial charge in [0, 0.05) is 34.8 Å². The smallest absolute Gasteiger partial charge is 0.238 e. The van der Waals surface area contributed by atoms with Gasteiger partial charge in [-0.1, -0.05) is 0 Å². The summed E-state index contributed by atoms with van der Waals surface area (Å²) in [7, 11) is 0. The SMILES string of the molecule is O=c1c(O)c(-c2ccc(O)c(O)c2)oc2cc(O)cc(O)c12.[Fe]. The molecule has 1 heterocycles. The summed E-state index contributed by atoms with van der Waals surface area (Å²) < 4.78 is 5.35. The fourth-order valence-electron chi connectivity index (χ4n) is 2.14. The van der Waals surface area contributed by atoms with Crippen LogP contribution >= 0.6 is 0 Å². The Morgan fingerprint density at radius 2 is 1.52 bits per heavy atom. The molecule has 0 bridgehead atoms. The van der Waals surface area contributed by atoms with Crippen molar-refractivity contribution >= 4 is 11.0 Å². The number of benzene rings is 2. The van der Waals surface area contributed by atoms with Crippen LogP contribution < -0.4 is 5.43 Å². The molecule has 0 amide bonds. The van der Waals surface area contributed by atoms with Gasteiger partial charge in [-0.15, -0.1) is 0 Å². The van der Waals surface area contributed by atoms with Gasteiger partial charge in [-0.2, -0.15) is 0 Å². The maximum Gasteiger partial charge on any atom is 0.238 e. The van der Waals surface area contributed by atoms with Crippen molar-refractivity contribution in [2.24, 2.45) is 0 Å². The van der Waals surface area contributed by atoms with Crippen molar-refractivity contribution < 1.29 is 47.0 Å². The quantitative estimate of drug-likeness (QED) is 0.332. The van der Waals surface area contributed by atoms with E-state index in [9.17, 15) is 30.3 Å². The molecule has 0 saturated heterocycles. The third kappa shape index (κ3) is 2.65. The molecule has 2 aromatic carbocycles. The number of phenolic OH excluding ortho intramolecular Hbond substituents is 4. The number of rotatable bonds is 1. The van der Waals surface area contributed by atoms with E-state index in [1.54, 1.807) is 0 Å². The molecule has 8 heteroatoms. The molecular weight excluding hydrogens is 348 g/mol. The Labute approximate surface area is 139 Å². The fraction of sp³-hybridized carbons (Fsp3) is 0. The summed E-state index contributed by atoms with van der Waals surface area (Å²) in [5.41, 5.74) is -0.890. The largest absolute Gasteiger partial charge is 0.508 e. The van der Waals surface area contributed by atoms with E-state index < -0.39 is 22.7 Å². The van der Waals surface area contributed by atoms with Crippen molar-refractivity contribution in [3.63, 3.8) is 0 Å². The van der Waals surface area contributed by atoms with E-state index in [-0.39, 0.29) is 50.9 Å². The number of aromatic hydroxyl groups is 5. The molecule has 3 rings (SSSR count). The third-order valence-corrected chi connectivity index (χ3v) is 3.17. The minimum Gasteiger partial charge on any atom is -0.508 e. The molecule has 0 aliphatic carbocycles. The number of hydrogen-bond donors (Lipinski definition) is 5. The van der Waals surface area contributed by atoms with Gasteiger partial charge in [0.05, 0.1) is 0 Å². The first-order valence-electron chi connectivity index (χ1n) is 6.12. The number of hydrogen-bond acceptors (Lipinski definition) is 7. The van der Waals surface area contributed by atoms with Crippen LogP contribution in [0.25, 0.3) is 22.3 Å². The van der Waals surface area contributed by atoms with E-state index in [1.165, 1.54) is 6.07 Å². The Hall–Kier alpha value is -2.83. The van der Waals surface area contributed by atoms with E-state index in [4.69, 9.17) is 4.42 Å². The summed E-state index contributed by atoms with van der Waals surface area (Å²) in [6.45, 7) is 0. The normalized spacial score (nSPS) is 10.4. The van der Waals surface area contributed by atoms with E-state index in [0.717, 1.165) is 24.3 Å². The second-order valence-corrected chi connectivity index (χ2v) is 4.65. The minimum absolute atomic E-state index is 0. The van der Waals surface area contributed by atoms with Gasteiger partial charge in [0.25, 0.3) is 0 Å². The first kappa shape index (κ1) is 16.5. The van der Waals surface area contributed by atoms with Gasteiger partial charge in [0.1, 0.15) is 22.5 Å². The maximum absolute atomic E-state index is 12.1. The minimum atomic E-state index is -0.888. The standard InChI is InChI=1S/C15H10O7.Fe/c16-7-4-10(19)12-11(5-7)22-15(14(21)13(12)20)6-1-2-8(17)9(18)3-6;/h1-5,16-19,21H;. The summed E-state index contributed by atoms with van der Waals surface area (Å²) in [6.07, 6.45) is 0. The maximum atomic E-state index is 12.1. The van der Waals surface area contributed by atoms with Gasteiger partial charge in [0.2, 0.25) is 11.2 Å². The molecular formula is C15H10FeO7. The Kier molecular flexibility index (Phi) is 4.14. The topological polar surface area (TPSA) is 131 Å². The molecule has 5 N–H and O–H groups in total. The van der Waals surface area contributed by atoms with Crippen molar-refractivity contribution in [1.82, 2.24) is 0 Å². The van der Waals surface area contributed by atoms with Crippen LogP contribution in [0.5, 0.6) is 28.7 Å². The van der Waals surface area contributed by atoms with E-state index in [2.05, 4.69) is 0 Å². The van der Waals surface area contributed by atoms with Gasteiger partial charge in [-0.3, -0.25) is 4.79 Å². The average molecular weight is 358 g/mol. The molecule has 7 nitrogen and oxygen atoms in total. The first-order chi connectivity index (χ1) is 10.4.